The minimum absolute atomic E-state index is 0.159. The van der Waals surface area contributed by atoms with Crippen LogP contribution in [0.2, 0.25) is 0 Å². The summed E-state index contributed by atoms with van der Waals surface area (Å²) < 4.78 is 0. The zero-order chi connectivity index (χ0) is 21.3. The molecule has 154 valence electrons. The SMILES string of the molecule is Cc1cc(CNC(=O)CC[C@@H]2NC(=O)NC2=O)c2[nH]c(-c3ccccc3)c(C)c2c1. The maximum atomic E-state index is 12.3. The molecule has 0 spiro atoms. The third kappa shape index (κ3) is 3.91. The van der Waals surface area contributed by atoms with Gasteiger partial charge >= 0.3 is 6.03 Å². The molecule has 1 atom stereocenters. The summed E-state index contributed by atoms with van der Waals surface area (Å²) in [4.78, 5) is 38.6. The minimum Gasteiger partial charge on any atom is -0.354 e. The minimum atomic E-state index is -0.645. The van der Waals surface area contributed by atoms with E-state index in [1.54, 1.807) is 0 Å². The van der Waals surface area contributed by atoms with Gasteiger partial charge in [-0.25, -0.2) is 4.79 Å². The van der Waals surface area contributed by atoms with Gasteiger partial charge in [0.15, 0.2) is 0 Å². The normalized spacial score (nSPS) is 15.9. The lowest BCUT2D eigenvalue weighted by molar-refractivity contribution is -0.122. The lowest BCUT2D eigenvalue weighted by Crippen LogP contribution is -2.31. The van der Waals surface area contributed by atoms with Gasteiger partial charge in [-0.05, 0) is 43.0 Å². The summed E-state index contributed by atoms with van der Waals surface area (Å²) >= 11 is 0. The Balaban J connectivity index is 1.49. The Labute approximate surface area is 174 Å². The van der Waals surface area contributed by atoms with Crippen molar-refractivity contribution in [1.82, 2.24) is 20.9 Å². The van der Waals surface area contributed by atoms with Gasteiger partial charge in [0.25, 0.3) is 5.91 Å². The largest absolute Gasteiger partial charge is 0.354 e. The van der Waals surface area contributed by atoms with Gasteiger partial charge in [0, 0.05) is 24.0 Å². The van der Waals surface area contributed by atoms with Crippen molar-refractivity contribution in [3.8, 4) is 11.3 Å². The Morgan fingerprint density at radius 1 is 1.10 bits per heavy atom. The van der Waals surface area contributed by atoms with Crippen LogP contribution in [0.25, 0.3) is 22.2 Å². The zero-order valence-electron chi connectivity index (χ0n) is 17.0. The highest BCUT2D eigenvalue weighted by molar-refractivity contribution is 6.04. The lowest BCUT2D eigenvalue weighted by atomic mass is 10.0. The predicted molar refractivity (Wildman–Crippen MR) is 115 cm³/mol. The number of hydrogen-bond acceptors (Lipinski definition) is 3. The van der Waals surface area contributed by atoms with Crippen LogP contribution >= 0.6 is 0 Å². The molecule has 0 saturated carbocycles. The highest BCUT2D eigenvalue weighted by atomic mass is 16.2. The van der Waals surface area contributed by atoms with Gasteiger partial charge in [-0.3, -0.25) is 14.9 Å². The second-order valence-corrected chi connectivity index (χ2v) is 7.67. The summed E-state index contributed by atoms with van der Waals surface area (Å²) in [6.45, 7) is 4.53. The summed E-state index contributed by atoms with van der Waals surface area (Å²) in [6, 6.07) is 13.2. The van der Waals surface area contributed by atoms with E-state index in [0.717, 1.165) is 33.3 Å². The Bertz CT molecular complexity index is 1130. The number of aromatic nitrogens is 1. The van der Waals surface area contributed by atoms with Crippen LogP contribution in [0.3, 0.4) is 0 Å². The quantitative estimate of drug-likeness (QED) is 0.475. The van der Waals surface area contributed by atoms with Gasteiger partial charge in [0.1, 0.15) is 6.04 Å². The molecule has 7 heteroatoms. The number of fused-ring (bicyclic) bond motifs is 1. The first-order valence-corrected chi connectivity index (χ1v) is 9.97. The van der Waals surface area contributed by atoms with Crippen LogP contribution in [-0.4, -0.2) is 28.9 Å². The Kier molecular flexibility index (Phi) is 5.27. The van der Waals surface area contributed by atoms with Crippen molar-refractivity contribution in [1.29, 1.82) is 0 Å². The van der Waals surface area contributed by atoms with E-state index in [4.69, 9.17) is 0 Å². The number of benzene rings is 2. The molecule has 1 aliphatic rings. The summed E-state index contributed by atoms with van der Waals surface area (Å²) in [5.74, 6) is -0.548. The van der Waals surface area contributed by atoms with E-state index in [1.165, 1.54) is 5.56 Å². The molecule has 4 amide bonds. The average Bonchev–Trinajstić information content (AvgIpc) is 3.23. The molecule has 7 nitrogen and oxygen atoms in total. The molecule has 30 heavy (non-hydrogen) atoms. The Morgan fingerprint density at radius 3 is 2.57 bits per heavy atom. The molecule has 0 unspecified atom stereocenters. The van der Waals surface area contributed by atoms with Crippen molar-refractivity contribution in [3.05, 3.63) is 59.2 Å². The Morgan fingerprint density at radius 2 is 1.87 bits per heavy atom. The van der Waals surface area contributed by atoms with Crippen molar-refractivity contribution >= 4 is 28.7 Å². The molecule has 3 aromatic rings. The topological polar surface area (TPSA) is 103 Å². The van der Waals surface area contributed by atoms with Gasteiger partial charge in [0.05, 0.1) is 5.52 Å². The van der Waals surface area contributed by atoms with E-state index in [2.05, 4.69) is 52.1 Å². The number of imide groups is 1. The lowest BCUT2D eigenvalue weighted by Gasteiger charge is -2.10. The van der Waals surface area contributed by atoms with Crippen molar-refractivity contribution in [2.75, 3.05) is 0 Å². The smallest absolute Gasteiger partial charge is 0.322 e. The summed E-state index contributed by atoms with van der Waals surface area (Å²) in [5.41, 5.74) is 6.52. The van der Waals surface area contributed by atoms with E-state index >= 15 is 0 Å². The molecule has 1 fully saturated rings. The number of aromatic amines is 1. The van der Waals surface area contributed by atoms with Crippen molar-refractivity contribution in [2.45, 2.75) is 39.3 Å². The standard InChI is InChI=1S/C23H24N4O3/c1-13-10-16(12-24-19(28)9-8-18-22(29)27-23(30)25-18)21-17(11-13)14(2)20(26-21)15-6-4-3-5-7-15/h3-7,10-11,18,26H,8-9,12H2,1-2H3,(H,24,28)(H2,25,27,29,30)/t18-/m0/s1. The molecule has 1 saturated heterocycles. The Hall–Kier alpha value is -3.61. The summed E-state index contributed by atoms with van der Waals surface area (Å²) in [7, 11) is 0. The van der Waals surface area contributed by atoms with Crippen LogP contribution in [0.1, 0.15) is 29.5 Å². The fraction of sp³-hybridized carbons (Fsp3) is 0.261. The van der Waals surface area contributed by atoms with Gasteiger partial charge < -0.3 is 15.6 Å². The number of urea groups is 1. The van der Waals surface area contributed by atoms with Crippen LogP contribution in [0.5, 0.6) is 0 Å². The molecule has 0 bridgehead atoms. The van der Waals surface area contributed by atoms with Gasteiger partial charge in [-0.1, -0.05) is 42.0 Å². The monoisotopic (exact) mass is 404 g/mol. The van der Waals surface area contributed by atoms with E-state index < -0.39 is 12.1 Å². The zero-order valence-corrected chi connectivity index (χ0v) is 17.0. The molecule has 1 aromatic heterocycles. The number of rotatable bonds is 6. The predicted octanol–water partition coefficient (Wildman–Crippen LogP) is 3.06. The number of H-pyrrole nitrogens is 1. The number of carbonyl (C=O) groups excluding carboxylic acids is 3. The number of hydrogen-bond donors (Lipinski definition) is 4. The van der Waals surface area contributed by atoms with Crippen molar-refractivity contribution in [2.24, 2.45) is 0 Å². The summed E-state index contributed by atoms with van der Waals surface area (Å²) in [6.07, 6.45) is 0.429. The number of amides is 4. The van der Waals surface area contributed by atoms with Gasteiger partial charge in [0.2, 0.25) is 5.91 Å². The molecular weight excluding hydrogens is 380 g/mol. The van der Waals surface area contributed by atoms with Crippen LogP contribution in [0.4, 0.5) is 4.79 Å². The second-order valence-electron chi connectivity index (χ2n) is 7.67. The highest BCUT2D eigenvalue weighted by Gasteiger charge is 2.29. The first kappa shape index (κ1) is 19.7. The molecule has 0 aliphatic carbocycles. The number of carbonyl (C=O) groups is 3. The van der Waals surface area contributed by atoms with Crippen molar-refractivity contribution in [3.63, 3.8) is 0 Å². The number of aryl methyl sites for hydroxylation is 2. The highest BCUT2D eigenvalue weighted by Crippen LogP contribution is 2.32. The summed E-state index contributed by atoms with van der Waals surface area (Å²) in [5, 5.41) is 8.75. The maximum Gasteiger partial charge on any atom is 0.322 e. The van der Waals surface area contributed by atoms with Crippen LogP contribution in [-0.2, 0) is 16.1 Å². The van der Waals surface area contributed by atoms with Crippen LogP contribution < -0.4 is 16.0 Å². The molecule has 2 aromatic carbocycles. The number of nitrogens with one attached hydrogen (secondary N) is 4. The molecule has 1 aliphatic heterocycles. The van der Waals surface area contributed by atoms with E-state index in [0.29, 0.717) is 6.54 Å². The first-order chi connectivity index (χ1) is 14.4. The van der Waals surface area contributed by atoms with E-state index in [1.807, 2.05) is 25.1 Å². The van der Waals surface area contributed by atoms with Crippen LogP contribution in [0.15, 0.2) is 42.5 Å². The van der Waals surface area contributed by atoms with Gasteiger partial charge in [-0.2, -0.15) is 0 Å². The molecule has 0 radical (unpaired) electrons. The second kappa shape index (κ2) is 8.02. The van der Waals surface area contributed by atoms with E-state index in [9.17, 15) is 14.4 Å². The van der Waals surface area contributed by atoms with Gasteiger partial charge in [-0.15, -0.1) is 0 Å². The fourth-order valence-corrected chi connectivity index (χ4v) is 3.91. The van der Waals surface area contributed by atoms with Crippen LogP contribution in [0, 0.1) is 13.8 Å². The van der Waals surface area contributed by atoms with Crippen molar-refractivity contribution < 1.29 is 14.4 Å². The first-order valence-electron chi connectivity index (χ1n) is 9.97. The molecule has 4 N–H and O–H groups in total. The average molecular weight is 404 g/mol. The molecular formula is C23H24N4O3. The molecule has 2 heterocycles. The van der Waals surface area contributed by atoms with E-state index in [-0.39, 0.29) is 24.7 Å². The fourth-order valence-electron chi connectivity index (χ4n) is 3.91. The third-order valence-electron chi connectivity index (χ3n) is 5.45. The molecule has 4 rings (SSSR count). The third-order valence-corrected chi connectivity index (χ3v) is 5.45. The maximum absolute atomic E-state index is 12.3.